The van der Waals surface area contributed by atoms with Gasteiger partial charge in [-0.25, -0.2) is 9.97 Å². The summed E-state index contributed by atoms with van der Waals surface area (Å²) in [6.07, 6.45) is 0.163. The minimum Gasteiger partial charge on any atom is -0.480 e. The number of hydrogen-bond acceptors (Lipinski definition) is 8. The largest absolute Gasteiger partial charge is 0.480 e. The van der Waals surface area contributed by atoms with Crippen molar-refractivity contribution in [2.45, 2.75) is 12.3 Å². The number of carbonyl (C=O) groups is 1. The molecule has 1 amide bonds. The van der Waals surface area contributed by atoms with Crippen LogP contribution in [-0.2, 0) is 15.7 Å². The lowest BCUT2D eigenvalue weighted by atomic mass is 10.2. The molecule has 1 unspecified atom stereocenters. The molecule has 2 aromatic heterocycles. The summed E-state index contributed by atoms with van der Waals surface area (Å²) < 4.78 is 58.9. The van der Waals surface area contributed by atoms with Gasteiger partial charge in [0.2, 0.25) is 17.7 Å². The molecule has 3 rings (SSSR count). The Bertz CT molecular complexity index is 953. The maximum Gasteiger partial charge on any atom is 0.417 e. The van der Waals surface area contributed by atoms with Gasteiger partial charge in [0.05, 0.1) is 38.5 Å². The third-order valence-corrected chi connectivity index (χ3v) is 4.47. The quantitative estimate of drug-likeness (QED) is 0.588. The molecular formula is C20H21F3N4O5. The summed E-state index contributed by atoms with van der Waals surface area (Å²) in [5, 5.41) is 0. The molecule has 0 spiro atoms. The fourth-order valence-corrected chi connectivity index (χ4v) is 2.83. The average Bonchev–Trinajstić information content (AvgIpc) is 2.81. The Labute approximate surface area is 181 Å². The van der Waals surface area contributed by atoms with Crippen molar-refractivity contribution in [3.05, 3.63) is 41.7 Å². The van der Waals surface area contributed by atoms with Crippen LogP contribution in [0.25, 0.3) is 6.08 Å². The molecule has 1 saturated heterocycles. The summed E-state index contributed by atoms with van der Waals surface area (Å²) in [6, 6.07) is 2.17. The molecule has 0 aromatic carbocycles. The van der Waals surface area contributed by atoms with E-state index in [0.29, 0.717) is 24.9 Å². The van der Waals surface area contributed by atoms with Crippen LogP contribution in [0.3, 0.4) is 0 Å². The second-order valence-corrected chi connectivity index (χ2v) is 6.63. The third-order valence-electron chi connectivity index (χ3n) is 4.47. The van der Waals surface area contributed by atoms with Gasteiger partial charge in [0.1, 0.15) is 12.7 Å². The zero-order chi connectivity index (χ0) is 23.1. The van der Waals surface area contributed by atoms with Crippen molar-refractivity contribution in [2.75, 3.05) is 40.5 Å². The number of methoxy groups -OCH3 is 2. The van der Waals surface area contributed by atoms with Crippen molar-refractivity contribution >= 4 is 12.0 Å². The van der Waals surface area contributed by atoms with Crippen molar-refractivity contribution in [1.82, 2.24) is 19.9 Å². The van der Waals surface area contributed by atoms with Crippen LogP contribution in [0, 0.1) is 0 Å². The number of nitrogens with zero attached hydrogens (tertiary/aromatic N) is 4. The lowest BCUT2D eigenvalue weighted by Crippen LogP contribution is -2.47. The van der Waals surface area contributed by atoms with Gasteiger partial charge in [0, 0.05) is 31.1 Å². The third kappa shape index (κ3) is 6.06. The highest BCUT2D eigenvalue weighted by Crippen LogP contribution is 2.29. The topological polar surface area (TPSA) is 95.9 Å². The smallest absolute Gasteiger partial charge is 0.417 e. The molecule has 0 radical (unpaired) electrons. The SMILES string of the molecule is COc1ncc(C=CC(=O)N2CCOC(COc3ccc(C(F)(F)F)cn3)C2)c(OC)n1. The zero-order valence-corrected chi connectivity index (χ0v) is 17.3. The van der Waals surface area contributed by atoms with Crippen LogP contribution >= 0.6 is 0 Å². The highest BCUT2D eigenvalue weighted by molar-refractivity contribution is 5.92. The molecule has 0 N–H and O–H groups in total. The predicted octanol–water partition coefficient (Wildman–Crippen LogP) is 2.23. The van der Waals surface area contributed by atoms with Gasteiger partial charge in [0.25, 0.3) is 0 Å². The van der Waals surface area contributed by atoms with Crippen molar-refractivity contribution in [3.63, 3.8) is 0 Å². The zero-order valence-electron chi connectivity index (χ0n) is 17.3. The van der Waals surface area contributed by atoms with E-state index in [4.69, 9.17) is 18.9 Å². The summed E-state index contributed by atoms with van der Waals surface area (Å²) in [7, 11) is 2.87. The molecule has 1 aliphatic heterocycles. The van der Waals surface area contributed by atoms with Crippen LogP contribution in [0.5, 0.6) is 17.8 Å². The number of ether oxygens (including phenoxy) is 4. The van der Waals surface area contributed by atoms with Gasteiger partial charge in [-0.1, -0.05) is 0 Å². The van der Waals surface area contributed by atoms with Crippen LogP contribution in [0.1, 0.15) is 11.1 Å². The molecule has 12 heteroatoms. The van der Waals surface area contributed by atoms with E-state index in [9.17, 15) is 18.0 Å². The van der Waals surface area contributed by atoms with E-state index in [2.05, 4.69) is 15.0 Å². The molecule has 172 valence electrons. The predicted molar refractivity (Wildman–Crippen MR) is 105 cm³/mol. The molecule has 0 bridgehead atoms. The van der Waals surface area contributed by atoms with Gasteiger partial charge in [0.15, 0.2) is 0 Å². The molecule has 3 heterocycles. The normalized spacial score (nSPS) is 16.8. The number of carbonyl (C=O) groups excluding carboxylic acids is 1. The van der Waals surface area contributed by atoms with Gasteiger partial charge in [-0.3, -0.25) is 4.79 Å². The number of amides is 1. The Hall–Kier alpha value is -3.41. The van der Waals surface area contributed by atoms with Gasteiger partial charge in [-0.2, -0.15) is 18.2 Å². The monoisotopic (exact) mass is 454 g/mol. The fourth-order valence-electron chi connectivity index (χ4n) is 2.83. The Morgan fingerprint density at radius 2 is 2.06 bits per heavy atom. The first-order valence-corrected chi connectivity index (χ1v) is 9.50. The minimum atomic E-state index is -4.46. The minimum absolute atomic E-state index is 0.0337. The van der Waals surface area contributed by atoms with Crippen molar-refractivity contribution < 1.29 is 36.9 Å². The summed E-state index contributed by atoms with van der Waals surface area (Å²) in [6.45, 7) is 0.962. The lowest BCUT2D eigenvalue weighted by molar-refractivity contribution is -0.137. The maximum atomic E-state index is 12.6. The number of aromatic nitrogens is 3. The lowest BCUT2D eigenvalue weighted by Gasteiger charge is -2.32. The molecule has 1 aliphatic rings. The summed E-state index contributed by atoms with van der Waals surface area (Å²) >= 11 is 0. The second-order valence-electron chi connectivity index (χ2n) is 6.63. The van der Waals surface area contributed by atoms with Crippen molar-refractivity contribution in [3.8, 4) is 17.8 Å². The van der Waals surface area contributed by atoms with Gasteiger partial charge in [-0.15, -0.1) is 0 Å². The van der Waals surface area contributed by atoms with Gasteiger partial charge in [-0.05, 0) is 12.1 Å². The molecule has 1 fully saturated rings. The number of halogens is 3. The molecule has 0 saturated carbocycles. The Morgan fingerprint density at radius 1 is 1.25 bits per heavy atom. The highest BCUT2D eigenvalue weighted by Gasteiger charge is 2.31. The van der Waals surface area contributed by atoms with Crippen LogP contribution in [0.15, 0.2) is 30.6 Å². The van der Waals surface area contributed by atoms with Crippen LogP contribution in [0.2, 0.25) is 0 Å². The fraction of sp³-hybridized carbons (Fsp3) is 0.400. The first-order valence-electron chi connectivity index (χ1n) is 9.50. The Morgan fingerprint density at radius 3 is 2.72 bits per heavy atom. The molecule has 1 atom stereocenters. The van der Waals surface area contributed by atoms with E-state index in [0.717, 1.165) is 12.1 Å². The number of rotatable bonds is 7. The van der Waals surface area contributed by atoms with Gasteiger partial charge < -0.3 is 23.8 Å². The highest BCUT2D eigenvalue weighted by atomic mass is 19.4. The van der Waals surface area contributed by atoms with Crippen molar-refractivity contribution in [1.29, 1.82) is 0 Å². The first kappa shape index (κ1) is 23.3. The van der Waals surface area contributed by atoms with E-state index in [-0.39, 0.29) is 36.8 Å². The average molecular weight is 454 g/mol. The van der Waals surface area contributed by atoms with E-state index < -0.39 is 17.8 Å². The van der Waals surface area contributed by atoms with E-state index in [1.807, 2.05) is 0 Å². The number of alkyl halides is 3. The van der Waals surface area contributed by atoms with E-state index in [1.165, 1.54) is 32.6 Å². The Balaban J connectivity index is 1.55. The maximum absolute atomic E-state index is 12.6. The number of pyridine rings is 1. The van der Waals surface area contributed by atoms with Crippen LogP contribution < -0.4 is 14.2 Å². The van der Waals surface area contributed by atoms with Crippen LogP contribution in [-0.4, -0.2) is 72.4 Å². The standard InChI is InChI=1S/C20H21F3N4O5/c1-29-18-13(9-25-19(26-18)30-2)3-6-17(28)27-7-8-31-15(11-27)12-32-16-5-4-14(10-24-16)20(21,22)23/h3-6,9-10,15H,7-8,11-12H2,1-2H3. The second kappa shape index (κ2) is 10.3. The first-order chi connectivity index (χ1) is 15.3. The summed E-state index contributed by atoms with van der Waals surface area (Å²) in [5.74, 6) is 0.0403. The van der Waals surface area contributed by atoms with E-state index >= 15 is 0 Å². The Kier molecular flexibility index (Phi) is 7.46. The van der Waals surface area contributed by atoms with Crippen molar-refractivity contribution in [2.24, 2.45) is 0 Å². The molecule has 2 aromatic rings. The molecule has 0 aliphatic carbocycles. The summed E-state index contributed by atoms with van der Waals surface area (Å²) in [5.41, 5.74) is -0.357. The van der Waals surface area contributed by atoms with Gasteiger partial charge >= 0.3 is 12.2 Å². The molecule has 9 nitrogen and oxygen atoms in total. The molecule has 32 heavy (non-hydrogen) atoms. The molecular weight excluding hydrogens is 433 g/mol. The van der Waals surface area contributed by atoms with E-state index in [1.54, 1.807) is 4.90 Å². The number of hydrogen-bond donors (Lipinski definition) is 0. The summed E-state index contributed by atoms with van der Waals surface area (Å²) in [4.78, 5) is 25.8. The van der Waals surface area contributed by atoms with Crippen LogP contribution in [0.4, 0.5) is 13.2 Å². The number of morpholine rings is 1.